The van der Waals surface area contributed by atoms with Crippen LogP contribution in [0, 0.1) is 0 Å². The lowest BCUT2D eigenvalue weighted by Crippen LogP contribution is -2.13. The molecular weight excluding hydrogens is 360 g/mol. The van der Waals surface area contributed by atoms with Gasteiger partial charge in [0.25, 0.3) is 0 Å². The second-order valence-electron chi connectivity index (χ2n) is 7.67. The van der Waals surface area contributed by atoms with Gasteiger partial charge in [0.15, 0.2) is 0 Å². The molecule has 3 rings (SSSR count). The monoisotopic (exact) mass is 388 g/mol. The highest BCUT2D eigenvalue weighted by atomic mass is 32.2. The Morgan fingerprint density at radius 3 is 1.58 bits per heavy atom. The number of hydrogen-bond donors (Lipinski definition) is 0. The summed E-state index contributed by atoms with van der Waals surface area (Å²) in [5, 5.41) is 0. The van der Waals surface area contributed by atoms with Crippen LogP contribution in [0.1, 0.15) is 48.6 Å². The van der Waals surface area contributed by atoms with Gasteiger partial charge in [0, 0.05) is 45.3 Å². The average molecular weight is 389 g/mol. The van der Waals surface area contributed by atoms with Gasteiger partial charge in [-0.15, -0.1) is 0 Å². The lowest BCUT2D eigenvalue weighted by Gasteiger charge is -2.24. The van der Waals surface area contributed by atoms with Gasteiger partial charge < -0.3 is 9.47 Å². The van der Waals surface area contributed by atoms with Crippen LogP contribution in [0.25, 0.3) is 0 Å². The minimum atomic E-state index is 0.135. The van der Waals surface area contributed by atoms with E-state index >= 15 is 0 Å². The molecule has 140 valence electrons. The molecule has 2 nitrogen and oxygen atoms in total. The zero-order valence-corrected chi connectivity index (χ0v) is 18.0. The van der Waals surface area contributed by atoms with E-state index in [1.807, 2.05) is 23.5 Å². The Balaban J connectivity index is 2.01. The van der Waals surface area contributed by atoms with E-state index in [0.717, 1.165) is 34.5 Å². The summed E-state index contributed by atoms with van der Waals surface area (Å²) < 4.78 is 11.6. The second kappa shape index (κ2) is 8.18. The van der Waals surface area contributed by atoms with Gasteiger partial charge in [-0.05, 0) is 11.0 Å². The Kier molecular flexibility index (Phi) is 6.13. The van der Waals surface area contributed by atoms with Gasteiger partial charge in [0.05, 0.1) is 14.2 Å². The van der Waals surface area contributed by atoms with E-state index in [9.17, 15) is 0 Å². The highest BCUT2D eigenvalue weighted by Gasteiger charge is 2.20. The van der Waals surface area contributed by atoms with E-state index in [4.69, 9.17) is 9.47 Å². The van der Waals surface area contributed by atoms with Crippen molar-refractivity contribution >= 4 is 23.5 Å². The number of hydrogen-bond acceptors (Lipinski definition) is 4. The Hall–Kier alpha value is -1.26. The molecule has 1 aliphatic heterocycles. The van der Waals surface area contributed by atoms with Crippen LogP contribution in [0.5, 0.6) is 11.5 Å². The van der Waals surface area contributed by atoms with Crippen molar-refractivity contribution in [3.63, 3.8) is 0 Å². The molecule has 0 amide bonds. The van der Waals surface area contributed by atoms with E-state index in [1.165, 1.54) is 27.8 Å². The van der Waals surface area contributed by atoms with Crippen LogP contribution in [0.3, 0.4) is 0 Å². The molecule has 0 radical (unpaired) electrons. The molecule has 1 heterocycles. The summed E-state index contributed by atoms with van der Waals surface area (Å²) in [5.41, 5.74) is 6.69. The van der Waals surface area contributed by atoms with Crippen molar-refractivity contribution < 1.29 is 9.47 Å². The first-order valence-electron chi connectivity index (χ1n) is 8.94. The maximum Gasteiger partial charge on any atom is 0.126 e. The third-order valence-corrected chi connectivity index (χ3v) is 6.79. The highest BCUT2D eigenvalue weighted by Crippen LogP contribution is 2.39. The van der Waals surface area contributed by atoms with Crippen LogP contribution >= 0.6 is 23.5 Å². The SMILES string of the molecule is COc1c2cccc1CSCc1cc(C(C)(C)C)cc(c1OC)CSC2. The van der Waals surface area contributed by atoms with E-state index < -0.39 is 0 Å². The first-order chi connectivity index (χ1) is 12.4. The maximum atomic E-state index is 5.83. The van der Waals surface area contributed by atoms with Gasteiger partial charge in [-0.25, -0.2) is 0 Å². The minimum Gasteiger partial charge on any atom is -0.496 e. The molecule has 0 aromatic heterocycles. The average Bonchev–Trinajstić information content (AvgIpc) is 2.60. The minimum absolute atomic E-state index is 0.135. The lowest BCUT2D eigenvalue weighted by atomic mass is 9.85. The molecule has 0 N–H and O–H groups in total. The van der Waals surface area contributed by atoms with Crippen LogP contribution < -0.4 is 9.47 Å². The van der Waals surface area contributed by atoms with Crippen LogP contribution in [0.2, 0.25) is 0 Å². The summed E-state index contributed by atoms with van der Waals surface area (Å²) in [5.74, 6) is 5.89. The molecule has 4 bridgehead atoms. The molecular formula is C22H28O2S2. The molecule has 0 saturated carbocycles. The normalized spacial score (nSPS) is 15.0. The summed E-state index contributed by atoms with van der Waals surface area (Å²) >= 11 is 3.85. The number of fused-ring (bicyclic) bond motifs is 4. The molecule has 0 fully saturated rings. The largest absolute Gasteiger partial charge is 0.496 e. The van der Waals surface area contributed by atoms with Crippen LogP contribution in [0.15, 0.2) is 30.3 Å². The van der Waals surface area contributed by atoms with E-state index in [-0.39, 0.29) is 5.41 Å². The third kappa shape index (κ3) is 4.17. The predicted octanol–water partition coefficient (Wildman–Crippen LogP) is 6.18. The number of para-hydroxylation sites is 1. The standard InChI is InChI=1S/C22H28O2S2/c1-22(2,3)19-9-17-13-25-11-15-7-6-8-16(20(15)23-4)12-26-14-18(10-19)21(17)24-5/h6-10H,11-14H2,1-5H3. The Bertz CT molecular complexity index is 729. The molecule has 0 aliphatic carbocycles. The number of methoxy groups -OCH3 is 2. The smallest absolute Gasteiger partial charge is 0.126 e. The van der Waals surface area contributed by atoms with Crippen molar-refractivity contribution in [1.82, 2.24) is 0 Å². The quantitative estimate of drug-likeness (QED) is 0.611. The number of thioether (sulfide) groups is 2. The fraction of sp³-hybridized carbons (Fsp3) is 0.455. The topological polar surface area (TPSA) is 18.5 Å². The van der Waals surface area contributed by atoms with Crippen LogP contribution in [-0.4, -0.2) is 14.2 Å². The summed E-state index contributed by atoms with van der Waals surface area (Å²) in [6, 6.07) is 11.2. The molecule has 0 atom stereocenters. The van der Waals surface area contributed by atoms with E-state index in [0.29, 0.717) is 0 Å². The highest BCUT2D eigenvalue weighted by molar-refractivity contribution is 7.98. The number of benzene rings is 2. The first kappa shape index (κ1) is 19.5. The molecule has 4 heteroatoms. The molecule has 0 spiro atoms. The van der Waals surface area contributed by atoms with Crippen molar-refractivity contribution in [3.05, 3.63) is 58.1 Å². The van der Waals surface area contributed by atoms with Crippen molar-refractivity contribution in [2.75, 3.05) is 14.2 Å². The van der Waals surface area contributed by atoms with Crippen LogP contribution in [-0.2, 0) is 28.4 Å². The van der Waals surface area contributed by atoms with Gasteiger partial charge in [-0.2, -0.15) is 23.5 Å². The van der Waals surface area contributed by atoms with Gasteiger partial charge in [0.2, 0.25) is 0 Å². The summed E-state index contributed by atoms with van der Waals surface area (Å²) in [6.45, 7) is 6.84. The van der Waals surface area contributed by atoms with Crippen molar-refractivity contribution in [2.45, 2.75) is 49.2 Å². The van der Waals surface area contributed by atoms with Gasteiger partial charge >= 0.3 is 0 Å². The van der Waals surface area contributed by atoms with Crippen molar-refractivity contribution in [2.24, 2.45) is 0 Å². The zero-order valence-electron chi connectivity index (χ0n) is 16.3. The molecule has 26 heavy (non-hydrogen) atoms. The van der Waals surface area contributed by atoms with Gasteiger partial charge in [0.1, 0.15) is 11.5 Å². The third-order valence-electron chi connectivity index (χ3n) is 4.73. The molecule has 2 aromatic rings. The maximum absolute atomic E-state index is 5.83. The predicted molar refractivity (Wildman–Crippen MR) is 115 cm³/mol. The first-order valence-corrected chi connectivity index (χ1v) is 11.3. The summed E-state index contributed by atoms with van der Waals surface area (Å²) in [6.07, 6.45) is 0. The molecule has 0 unspecified atom stereocenters. The van der Waals surface area contributed by atoms with Gasteiger partial charge in [-0.3, -0.25) is 0 Å². The second-order valence-corrected chi connectivity index (χ2v) is 9.64. The Morgan fingerprint density at radius 2 is 1.15 bits per heavy atom. The van der Waals surface area contributed by atoms with Crippen LogP contribution in [0.4, 0.5) is 0 Å². The van der Waals surface area contributed by atoms with E-state index in [2.05, 4.69) is 51.1 Å². The Labute approximate surface area is 166 Å². The van der Waals surface area contributed by atoms with E-state index in [1.54, 1.807) is 14.2 Å². The molecule has 2 aromatic carbocycles. The Morgan fingerprint density at radius 1 is 0.731 bits per heavy atom. The molecule has 1 aliphatic rings. The fourth-order valence-corrected chi connectivity index (χ4v) is 5.30. The summed E-state index contributed by atoms with van der Waals surface area (Å²) in [4.78, 5) is 0. The summed E-state index contributed by atoms with van der Waals surface area (Å²) in [7, 11) is 3.58. The lowest BCUT2D eigenvalue weighted by molar-refractivity contribution is 0.406. The van der Waals surface area contributed by atoms with Crippen molar-refractivity contribution in [1.29, 1.82) is 0 Å². The zero-order chi connectivity index (χ0) is 18.7. The fourth-order valence-electron chi connectivity index (χ4n) is 3.33. The molecule has 0 saturated heterocycles. The van der Waals surface area contributed by atoms with Crippen molar-refractivity contribution in [3.8, 4) is 11.5 Å². The number of ether oxygens (including phenoxy) is 2. The van der Waals surface area contributed by atoms with Gasteiger partial charge in [-0.1, -0.05) is 51.1 Å². The number of rotatable bonds is 2.